The summed E-state index contributed by atoms with van der Waals surface area (Å²) in [6.07, 6.45) is -2.00. The van der Waals surface area contributed by atoms with Gasteiger partial charge in [-0.1, -0.05) is 50.3 Å². The zero-order valence-corrected chi connectivity index (χ0v) is 20.3. The molecular formula is C24H27F3N4O2S. The topological polar surface area (TPSA) is 59.5 Å². The molecule has 182 valence electrons. The third kappa shape index (κ3) is 5.12. The predicted octanol–water partition coefficient (Wildman–Crippen LogP) is 6.96. The summed E-state index contributed by atoms with van der Waals surface area (Å²) < 4.78 is 53.0. The van der Waals surface area contributed by atoms with Crippen LogP contribution in [0, 0.1) is 0 Å². The van der Waals surface area contributed by atoms with Gasteiger partial charge in [0, 0.05) is 25.4 Å². The predicted molar refractivity (Wildman–Crippen MR) is 127 cm³/mol. The lowest BCUT2D eigenvalue weighted by Crippen LogP contribution is -2.31. The molecule has 0 bridgehead atoms. The Labute approximate surface area is 200 Å². The van der Waals surface area contributed by atoms with Gasteiger partial charge in [0.25, 0.3) is 0 Å². The molecule has 1 atom stereocenters. The van der Waals surface area contributed by atoms with Crippen LogP contribution in [0.1, 0.15) is 44.9 Å². The summed E-state index contributed by atoms with van der Waals surface area (Å²) in [4.78, 5) is 9.84. The SMILES string of the molecule is CO[C@@H]1CCCN1c1sc(Nc2cccnc2Oc2ccccc2C(C)(C)C)nc1C(F)(F)F. The molecule has 1 saturated heterocycles. The fourth-order valence-electron chi connectivity index (χ4n) is 3.92. The van der Waals surface area contributed by atoms with Gasteiger partial charge in [-0.2, -0.15) is 13.2 Å². The van der Waals surface area contributed by atoms with E-state index >= 15 is 0 Å². The van der Waals surface area contributed by atoms with Gasteiger partial charge in [0.1, 0.15) is 22.7 Å². The summed E-state index contributed by atoms with van der Waals surface area (Å²) >= 11 is 0.940. The van der Waals surface area contributed by atoms with Crippen LogP contribution < -0.4 is 15.0 Å². The van der Waals surface area contributed by atoms with Crippen LogP contribution in [-0.2, 0) is 16.3 Å². The number of rotatable bonds is 6. The molecule has 0 aliphatic carbocycles. The van der Waals surface area contributed by atoms with Gasteiger partial charge < -0.3 is 19.7 Å². The lowest BCUT2D eigenvalue weighted by molar-refractivity contribution is -0.140. The second-order valence-corrected chi connectivity index (χ2v) is 10.0. The number of ether oxygens (including phenoxy) is 2. The summed E-state index contributed by atoms with van der Waals surface area (Å²) in [5.41, 5.74) is 0.318. The number of alkyl halides is 3. The largest absolute Gasteiger partial charge is 0.437 e. The minimum atomic E-state index is -4.59. The molecule has 6 nitrogen and oxygen atoms in total. The minimum absolute atomic E-state index is 0.0452. The number of anilines is 3. The number of nitrogens with one attached hydrogen (secondary N) is 1. The number of methoxy groups -OCH3 is 1. The minimum Gasteiger partial charge on any atom is -0.437 e. The Morgan fingerprint density at radius 2 is 1.88 bits per heavy atom. The maximum absolute atomic E-state index is 13.8. The first-order valence-corrected chi connectivity index (χ1v) is 11.8. The summed E-state index contributed by atoms with van der Waals surface area (Å²) in [5, 5.41) is 3.14. The van der Waals surface area contributed by atoms with Crippen molar-refractivity contribution in [3.8, 4) is 11.6 Å². The van der Waals surface area contributed by atoms with Crippen LogP contribution in [0.15, 0.2) is 42.6 Å². The summed E-state index contributed by atoms with van der Waals surface area (Å²) in [7, 11) is 1.51. The highest BCUT2D eigenvalue weighted by Gasteiger charge is 2.41. The molecule has 0 radical (unpaired) electrons. The smallest absolute Gasteiger partial charge is 0.436 e. The van der Waals surface area contributed by atoms with E-state index in [1.54, 1.807) is 23.2 Å². The summed E-state index contributed by atoms with van der Waals surface area (Å²) in [6.45, 7) is 6.71. The van der Waals surface area contributed by atoms with E-state index in [4.69, 9.17) is 9.47 Å². The molecule has 1 aliphatic rings. The van der Waals surface area contributed by atoms with E-state index in [1.165, 1.54) is 7.11 Å². The molecule has 34 heavy (non-hydrogen) atoms. The van der Waals surface area contributed by atoms with E-state index in [1.807, 2.05) is 24.3 Å². The number of hydrogen-bond acceptors (Lipinski definition) is 7. The van der Waals surface area contributed by atoms with Crippen molar-refractivity contribution in [1.82, 2.24) is 9.97 Å². The zero-order valence-electron chi connectivity index (χ0n) is 19.4. The van der Waals surface area contributed by atoms with E-state index in [2.05, 4.69) is 36.1 Å². The van der Waals surface area contributed by atoms with Gasteiger partial charge in [-0.3, -0.25) is 0 Å². The van der Waals surface area contributed by atoms with Gasteiger partial charge >= 0.3 is 6.18 Å². The van der Waals surface area contributed by atoms with Crippen molar-refractivity contribution in [3.05, 3.63) is 53.9 Å². The van der Waals surface area contributed by atoms with Gasteiger partial charge in [0.2, 0.25) is 5.88 Å². The molecule has 10 heteroatoms. The number of pyridine rings is 1. The van der Waals surface area contributed by atoms with E-state index in [0.717, 1.165) is 23.3 Å². The van der Waals surface area contributed by atoms with Crippen LogP contribution in [0.5, 0.6) is 11.6 Å². The van der Waals surface area contributed by atoms with Crippen molar-refractivity contribution in [2.24, 2.45) is 0 Å². The van der Waals surface area contributed by atoms with Gasteiger partial charge in [-0.05, 0) is 36.5 Å². The van der Waals surface area contributed by atoms with Crippen LogP contribution >= 0.6 is 11.3 Å². The second kappa shape index (κ2) is 9.42. The molecule has 3 heterocycles. The third-order valence-electron chi connectivity index (χ3n) is 5.52. The molecule has 1 aliphatic heterocycles. The molecule has 0 spiro atoms. The first kappa shape index (κ1) is 24.3. The fraction of sp³-hybridized carbons (Fsp3) is 0.417. The second-order valence-electron chi connectivity index (χ2n) is 9.03. The Morgan fingerprint density at radius 3 is 2.59 bits per heavy atom. The van der Waals surface area contributed by atoms with Crippen LogP contribution in [0.25, 0.3) is 0 Å². The highest BCUT2D eigenvalue weighted by molar-refractivity contribution is 7.19. The quantitative estimate of drug-likeness (QED) is 0.401. The average molecular weight is 493 g/mol. The first-order valence-electron chi connectivity index (χ1n) is 10.9. The number of aromatic nitrogens is 2. The Hall–Kier alpha value is -2.85. The number of halogens is 3. The lowest BCUT2D eigenvalue weighted by Gasteiger charge is -2.24. The number of hydrogen-bond donors (Lipinski definition) is 1. The maximum Gasteiger partial charge on any atom is 0.436 e. The van der Waals surface area contributed by atoms with Gasteiger partial charge in [0.15, 0.2) is 10.8 Å². The summed E-state index contributed by atoms with van der Waals surface area (Å²) in [5.74, 6) is 0.882. The molecule has 0 unspecified atom stereocenters. The van der Waals surface area contributed by atoms with E-state index in [9.17, 15) is 13.2 Å². The fourth-order valence-corrected chi connectivity index (χ4v) is 4.99. The van der Waals surface area contributed by atoms with Crippen molar-refractivity contribution in [3.63, 3.8) is 0 Å². The highest BCUT2D eigenvalue weighted by Crippen LogP contribution is 2.45. The zero-order chi connectivity index (χ0) is 24.5. The van der Waals surface area contributed by atoms with Crippen molar-refractivity contribution < 1.29 is 22.6 Å². The maximum atomic E-state index is 13.8. The number of nitrogens with zero attached hydrogens (tertiary/aromatic N) is 3. The molecule has 1 fully saturated rings. The van der Waals surface area contributed by atoms with Crippen molar-refractivity contribution in [1.29, 1.82) is 0 Å². The molecule has 0 amide bonds. The van der Waals surface area contributed by atoms with Gasteiger partial charge in [-0.25, -0.2) is 9.97 Å². The molecule has 1 N–H and O–H groups in total. The Morgan fingerprint density at radius 1 is 1.12 bits per heavy atom. The van der Waals surface area contributed by atoms with Crippen molar-refractivity contribution in [2.45, 2.75) is 51.4 Å². The highest BCUT2D eigenvalue weighted by atomic mass is 32.1. The average Bonchev–Trinajstić information content (AvgIpc) is 3.41. The van der Waals surface area contributed by atoms with Crippen LogP contribution in [-0.4, -0.2) is 29.9 Å². The van der Waals surface area contributed by atoms with E-state index in [-0.39, 0.29) is 21.4 Å². The van der Waals surface area contributed by atoms with Crippen LogP contribution in [0.2, 0.25) is 0 Å². The standard InChI is InChI=1S/C24H27F3N4O2S/c1-23(2,3)15-9-5-6-11-17(15)33-20-16(10-7-13-28-20)29-22-30-19(24(25,26)27)21(34-22)31-14-8-12-18(31)32-4/h5-7,9-11,13,18H,8,12,14H2,1-4H3,(H,29,30)/t18-/m1/s1. The molecule has 4 rings (SSSR count). The van der Waals surface area contributed by atoms with Crippen molar-refractivity contribution >= 4 is 27.2 Å². The van der Waals surface area contributed by atoms with E-state index < -0.39 is 18.1 Å². The van der Waals surface area contributed by atoms with Crippen molar-refractivity contribution in [2.75, 3.05) is 23.9 Å². The normalized spacial score (nSPS) is 16.7. The van der Waals surface area contributed by atoms with Gasteiger partial charge in [-0.15, -0.1) is 0 Å². The first-order chi connectivity index (χ1) is 16.1. The third-order valence-corrected chi connectivity index (χ3v) is 6.53. The number of thiazole rings is 1. The monoisotopic (exact) mass is 492 g/mol. The molecule has 2 aromatic heterocycles. The molecule has 0 saturated carbocycles. The summed E-state index contributed by atoms with van der Waals surface area (Å²) in [6, 6.07) is 11.0. The van der Waals surface area contributed by atoms with E-state index in [0.29, 0.717) is 24.4 Å². The number of para-hydroxylation sites is 1. The Kier molecular flexibility index (Phi) is 6.73. The Bertz CT molecular complexity index is 1140. The lowest BCUT2D eigenvalue weighted by atomic mass is 9.86. The van der Waals surface area contributed by atoms with Gasteiger partial charge in [0.05, 0.1) is 0 Å². The van der Waals surface area contributed by atoms with Crippen LogP contribution in [0.3, 0.4) is 0 Å². The molecule has 1 aromatic carbocycles. The molecule has 3 aromatic rings. The number of benzene rings is 1. The molecular weight excluding hydrogens is 465 g/mol. The Balaban J connectivity index is 1.67. The van der Waals surface area contributed by atoms with Crippen LogP contribution in [0.4, 0.5) is 29.0 Å².